The molecule has 32 heavy (non-hydrogen) atoms. The third-order valence-corrected chi connectivity index (χ3v) is 5.99. The molecule has 5 rings (SSSR count). The van der Waals surface area contributed by atoms with Gasteiger partial charge in [0.1, 0.15) is 18.4 Å². The van der Waals surface area contributed by atoms with Crippen LogP contribution in [0.5, 0.6) is 5.88 Å². The first-order valence-corrected chi connectivity index (χ1v) is 10.6. The van der Waals surface area contributed by atoms with Crippen LogP contribution >= 0.6 is 0 Å². The second kappa shape index (κ2) is 8.34. The van der Waals surface area contributed by atoms with Gasteiger partial charge < -0.3 is 19.5 Å². The average Bonchev–Trinajstić information content (AvgIpc) is 3.39. The minimum Gasteiger partial charge on any atom is -0.479 e. The van der Waals surface area contributed by atoms with Crippen LogP contribution in [0.25, 0.3) is 27.7 Å². The first-order valence-electron chi connectivity index (χ1n) is 10.6. The van der Waals surface area contributed by atoms with Crippen LogP contribution < -0.4 is 10.1 Å². The maximum absolute atomic E-state index is 14.5. The lowest BCUT2D eigenvalue weighted by atomic mass is 10.0. The Labute approximate surface area is 183 Å². The number of methoxy groups -OCH3 is 1. The molecule has 4 aromatic rings. The third kappa shape index (κ3) is 3.64. The molecule has 168 valence electrons. The molecule has 1 N–H and O–H groups in total. The lowest BCUT2D eigenvalue weighted by Gasteiger charge is -2.32. The van der Waals surface area contributed by atoms with E-state index in [0.717, 1.165) is 28.7 Å². The van der Waals surface area contributed by atoms with Crippen LogP contribution in [0.4, 0.5) is 14.7 Å². The number of nitrogens with one attached hydrogen (secondary N) is 1. The van der Waals surface area contributed by atoms with Crippen molar-refractivity contribution in [2.45, 2.75) is 25.2 Å². The number of hydrogen-bond acceptors (Lipinski definition) is 6. The standard InChI is InChI=1S/C22H25F2N7O/c1-29-8-6-17(16(24)12-29)26-22-27-21(32-2)20-15(5-9-31(20)28-22)14-3-4-18-19(11-14)30(10-7-23)13-25-18/h3-5,9,11,13,16-17H,6-8,10,12H2,1-2H3,(H,26,28)/t16-,17+/m1/s1. The average molecular weight is 441 g/mol. The molecule has 1 aliphatic rings. The van der Waals surface area contributed by atoms with E-state index in [1.54, 1.807) is 22.5 Å². The van der Waals surface area contributed by atoms with Gasteiger partial charge in [-0.3, -0.25) is 0 Å². The topological polar surface area (TPSA) is 72.5 Å². The number of fused-ring (bicyclic) bond motifs is 2. The largest absolute Gasteiger partial charge is 0.479 e. The molecule has 0 aliphatic carbocycles. The number of ether oxygens (including phenoxy) is 1. The van der Waals surface area contributed by atoms with Crippen LogP contribution in [-0.2, 0) is 6.54 Å². The number of benzene rings is 1. The van der Waals surface area contributed by atoms with Crippen molar-refractivity contribution < 1.29 is 13.5 Å². The van der Waals surface area contributed by atoms with E-state index < -0.39 is 12.8 Å². The first kappa shape index (κ1) is 20.6. The molecule has 0 saturated carbocycles. The highest BCUT2D eigenvalue weighted by Crippen LogP contribution is 2.33. The van der Waals surface area contributed by atoms with E-state index in [-0.39, 0.29) is 12.6 Å². The zero-order valence-electron chi connectivity index (χ0n) is 18.0. The number of likely N-dealkylation sites (tertiary alicyclic amines) is 1. The fraction of sp³-hybridized carbons (Fsp3) is 0.409. The molecule has 4 heterocycles. The van der Waals surface area contributed by atoms with Gasteiger partial charge >= 0.3 is 0 Å². The van der Waals surface area contributed by atoms with Crippen molar-refractivity contribution in [3.05, 3.63) is 36.8 Å². The zero-order chi connectivity index (χ0) is 22.2. The van der Waals surface area contributed by atoms with Gasteiger partial charge in [-0.1, -0.05) is 6.07 Å². The Morgan fingerprint density at radius 3 is 2.94 bits per heavy atom. The van der Waals surface area contributed by atoms with Gasteiger partial charge in [-0.2, -0.15) is 4.98 Å². The van der Waals surface area contributed by atoms with Gasteiger partial charge in [0.05, 0.1) is 37.1 Å². The number of aryl methyl sites for hydroxylation is 1. The summed E-state index contributed by atoms with van der Waals surface area (Å²) in [5.74, 6) is 0.716. The number of rotatable bonds is 6. The van der Waals surface area contributed by atoms with Crippen LogP contribution in [0.2, 0.25) is 0 Å². The first-order chi connectivity index (χ1) is 15.6. The summed E-state index contributed by atoms with van der Waals surface area (Å²) in [6, 6.07) is 7.43. The second-order valence-corrected chi connectivity index (χ2v) is 8.12. The van der Waals surface area contributed by atoms with Gasteiger partial charge in [0.15, 0.2) is 0 Å². The summed E-state index contributed by atoms with van der Waals surface area (Å²) in [7, 11) is 3.47. The Hall–Kier alpha value is -3.27. The maximum Gasteiger partial charge on any atom is 0.244 e. The highest BCUT2D eigenvalue weighted by molar-refractivity contribution is 5.89. The molecule has 1 fully saturated rings. The van der Waals surface area contributed by atoms with Crippen molar-refractivity contribution in [2.24, 2.45) is 0 Å². The molecule has 0 spiro atoms. The minimum absolute atomic E-state index is 0.254. The fourth-order valence-electron chi connectivity index (χ4n) is 4.31. The van der Waals surface area contributed by atoms with Gasteiger partial charge in [0.2, 0.25) is 11.8 Å². The number of imidazole rings is 1. The van der Waals surface area contributed by atoms with Gasteiger partial charge in [-0.25, -0.2) is 18.3 Å². The number of aromatic nitrogens is 5. The lowest BCUT2D eigenvalue weighted by molar-refractivity contribution is 0.149. The summed E-state index contributed by atoms with van der Waals surface area (Å²) in [6.45, 7) is 0.989. The SMILES string of the molecule is COc1nc(N[C@H]2CCN(C)C[C@H]2F)nn2ccc(-c3ccc4ncn(CCF)c4c3)c12. The lowest BCUT2D eigenvalue weighted by Crippen LogP contribution is -2.46. The number of hydrogen-bond donors (Lipinski definition) is 1. The van der Waals surface area contributed by atoms with Gasteiger partial charge in [0.25, 0.3) is 0 Å². The minimum atomic E-state index is -1.000. The summed E-state index contributed by atoms with van der Waals surface area (Å²) < 4.78 is 36.4. The van der Waals surface area contributed by atoms with Crippen molar-refractivity contribution in [3.63, 3.8) is 0 Å². The van der Waals surface area contributed by atoms with E-state index in [2.05, 4.69) is 20.4 Å². The van der Waals surface area contributed by atoms with Crippen molar-refractivity contribution in [2.75, 3.05) is 39.2 Å². The van der Waals surface area contributed by atoms with Crippen molar-refractivity contribution in [3.8, 4) is 17.0 Å². The molecule has 0 unspecified atom stereocenters. The number of halogens is 2. The molecule has 3 aromatic heterocycles. The molecule has 0 radical (unpaired) electrons. The smallest absolute Gasteiger partial charge is 0.244 e. The molecule has 2 atom stereocenters. The van der Waals surface area contributed by atoms with Crippen LogP contribution in [0.1, 0.15) is 6.42 Å². The quantitative estimate of drug-likeness (QED) is 0.496. The third-order valence-electron chi connectivity index (χ3n) is 5.99. The molecule has 10 heteroatoms. The fourth-order valence-corrected chi connectivity index (χ4v) is 4.31. The van der Waals surface area contributed by atoms with E-state index in [9.17, 15) is 8.78 Å². The van der Waals surface area contributed by atoms with Gasteiger partial charge in [-0.15, -0.1) is 5.10 Å². The van der Waals surface area contributed by atoms with Crippen LogP contribution in [0, 0.1) is 0 Å². The number of anilines is 1. The van der Waals surface area contributed by atoms with Crippen LogP contribution in [-0.4, -0.2) is 75.2 Å². The van der Waals surface area contributed by atoms with E-state index in [0.29, 0.717) is 30.3 Å². The highest BCUT2D eigenvalue weighted by atomic mass is 19.1. The summed E-state index contributed by atoms with van der Waals surface area (Å²) in [4.78, 5) is 10.8. The van der Waals surface area contributed by atoms with E-state index >= 15 is 0 Å². The summed E-state index contributed by atoms with van der Waals surface area (Å²) in [5.41, 5.74) is 4.16. The molecule has 0 bridgehead atoms. The summed E-state index contributed by atoms with van der Waals surface area (Å²) in [6.07, 6.45) is 3.14. The molecule has 1 aromatic carbocycles. The van der Waals surface area contributed by atoms with Gasteiger partial charge in [0, 0.05) is 24.8 Å². The van der Waals surface area contributed by atoms with E-state index in [1.807, 2.05) is 42.4 Å². The summed E-state index contributed by atoms with van der Waals surface area (Å²) >= 11 is 0. The van der Waals surface area contributed by atoms with Crippen LogP contribution in [0.3, 0.4) is 0 Å². The van der Waals surface area contributed by atoms with Crippen LogP contribution in [0.15, 0.2) is 36.8 Å². The zero-order valence-corrected chi connectivity index (χ0v) is 18.0. The Morgan fingerprint density at radius 2 is 2.16 bits per heavy atom. The van der Waals surface area contributed by atoms with Crippen molar-refractivity contribution in [1.82, 2.24) is 29.0 Å². The number of piperidine rings is 1. The molecule has 1 saturated heterocycles. The van der Waals surface area contributed by atoms with E-state index in [4.69, 9.17) is 4.74 Å². The molecule has 8 nitrogen and oxygen atoms in total. The molecular weight excluding hydrogens is 416 g/mol. The Balaban J connectivity index is 1.52. The maximum atomic E-state index is 14.5. The normalized spacial score (nSPS) is 19.6. The van der Waals surface area contributed by atoms with E-state index in [1.165, 1.54) is 0 Å². The Bertz CT molecular complexity index is 1250. The molecular formula is C22H25F2N7O. The number of nitrogens with zero attached hydrogens (tertiary/aromatic N) is 6. The number of alkyl halides is 2. The van der Waals surface area contributed by atoms with Crippen molar-refractivity contribution in [1.29, 1.82) is 0 Å². The Kier molecular flexibility index (Phi) is 5.38. The molecule has 1 aliphatic heterocycles. The summed E-state index contributed by atoms with van der Waals surface area (Å²) in [5, 5.41) is 7.68. The van der Waals surface area contributed by atoms with Gasteiger partial charge in [-0.05, 0) is 37.2 Å². The predicted octanol–water partition coefficient (Wildman–Crippen LogP) is 3.18. The monoisotopic (exact) mass is 441 g/mol. The highest BCUT2D eigenvalue weighted by Gasteiger charge is 2.28. The second-order valence-electron chi connectivity index (χ2n) is 8.12. The predicted molar refractivity (Wildman–Crippen MR) is 119 cm³/mol. The van der Waals surface area contributed by atoms with Crippen molar-refractivity contribution >= 4 is 22.5 Å². The molecule has 0 amide bonds. The Morgan fingerprint density at radius 1 is 1.28 bits per heavy atom.